The van der Waals surface area contributed by atoms with Gasteiger partial charge < -0.3 is 5.32 Å². The van der Waals surface area contributed by atoms with E-state index in [9.17, 15) is 0 Å². The average Bonchev–Trinajstić information content (AvgIpc) is 1.86. The molecule has 1 saturated heterocycles. The molecule has 0 aromatic rings. The average molecular weight is 155 g/mol. The van der Waals surface area contributed by atoms with E-state index >= 15 is 0 Å². The molecule has 0 amide bonds. The fourth-order valence-electron chi connectivity index (χ4n) is 2.15. The van der Waals surface area contributed by atoms with Crippen LogP contribution in [-0.4, -0.2) is 13.1 Å². The summed E-state index contributed by atoms with van der Waals surface area (Å²) < 4.78 is 0. The van der Waals surface area contributed by atoms with Crippen molar-refractivity contribution in [2.75, 3.05) is 13.1 Å². The molecule has 1 unspecified atom stereocenters. The minimum atomic E-state index is 0.479. The largest absolute Gasteiger partial charge is 0.316 e. The third-order valence-corrected chi connectivity index (χ3v) is 2.94. The summed E-state index contributed by atoms with van der Waals surface area (Å²) in [7, 11) is 0. The van der Waals surface area contributed by atoms with Gasteiger partial charge in [0, 0.05) is 0 Å². The predicted molar refractivity (Wildman–Crippen MR) is 49.6 cm³/mol. The van der Waals surface area contributed by atoms with Crippen LogP contribution in [0.3, 0.4) is 0 Å². The van der Waals surface area contributed by atoms with Gasteiger partial charge in [-0.1, -0.05) is 27.7 Å². The third-order valence-electron chi connectivity index (χ3n) is 2.94. The van der Waals surface area contributed by atoms with E-state index in [1.54, 1.807) is 0 Å². The maximum atomic E-state index is 3.47. The maximum Gasteiger partial charge on any atom is -0.00130 e. The van der Waals surface area contributed by atoms with Crippen molar-refractivity contribution in [2.24, 2.45) is 17.3 Å². The molecular weight excluding hydrogens is 134 g/mol. The van der Waals surface area contributed by atoms with Crippen LogP contribution in [0.5, 0.6) is 0 Å². The molecule has 1 heteroatoms. The minimum Gasteiger partial charge on any atom is -0.316 e. The van der Waals surface area contributed by atoms with Crippen LogP contribution in [0.25, 0.3) is 0 Å². The fourth-order valence-corrected chi connectivity index (χ4v) is 2.15. The highest BCUT2D eigenvalue weighted by atomic mass is 14.9. The van der Waals surface area contributed by atoms with Crippen molar-refractivity contribution in [3.05, 3.63) is 0 Å². The lowest BCUT2D eigenvalue weighted by atomic mass is 9.71. The fraction of sp³-hybridized carbons (Fsp3) is 1.00. The Kier molecular flexibility index (Phi) is 2.58. The minimum absolute atomic E-state index is 0.479. The summed E-state index contributed by atoms with van der Waals surface area (Å²) in [5.74, 6) is 1.76. The summed E-state index contributed by atoms with van der Waals surface area (Å²) >= 11 is 0. The molecule has 1 fully saturated rings. The molecule has 1 aliphatic rings. The summed E-state index contributed by atoms with van der Waals surface area (Å²) in [6.07, 6.45) is 1.35. The first-order valence-electron chi connectivity index (χ1n) is 4.72. The van der Waals surface area contributed by atoms with Gasteiger partial charge in [0.05, 0.1) is 0 Å². The Morgan fingerprint density at radius 3 is 2.27 bits per heavy atom. The van der Waals surface area contributed by atoms with Gasteiger partial charge in [-0.15, -0.1) is 0 Å². The second kappa shape index (κ2) is 3.14. The van der Waals surface area contributed by atoms with Crippen LogP contribution in [0, 0.1) is 17.3 Å². The summed E-state index contributed by atoms with van der Waals surface area (Å²) in [5, 5.41) is 3.47. The van der Waals surface area contributed by atoms with Crippen LogP contribution in [-0.2, 0) is 0 Å². The highest BCUT2D eigenvalue weighted by Crippen LogP contribution is 2.34. The molecule has 0 saturated carbocycles. The van der Waals surface area contributed by atoms with Crippen LogP contribution in [0.4, 0.5) is 0 Å². The molecule has 1 rings (SSSR count). The first-order chi connectivity index (χ1) is 5.02. The van der Waals surface area contributed by atoms with E-state index in [0.717, 1.165) is 11.8 Å². The van der Waals surface area contributed by atoms with E-state index in [4.69, 9.17) is 0 Å². The number of nitrogens with one attached hydrogen (secondary N) is 1. The quantitative estimate of drug-likeness (QED) is 0.566. The van der Waals surface area contributed by atoms with Crippen LogP contribution < -0.4 is 5.32 Å². The lowest BCUT2D eigenvalue weighted by molar-refractivity contribution is 0.133. The zero-order chi connectivity index (χ0) is 8.48. The van der Waals surface area contributed by atoms with Crippen molar-refractivity contribution in [3.8, 4) is 0 Å². The second-order valence-electron chi connectivity index (χ2n) is 4.94. The van der Waals surface area contributed by atoms with Crippen molar-refractivity contribution in [3.63, 3.8) is 0 Å². The maximum absolute atomic E-state index is 3.47. The Labute approximate surface area is 70.6 Å². The molecule has 0 aromatic heterocycles. The summed E-state index contributed by atoms with van der Waals surface area (Å²) in [6, 6.07) is 0. The topological polar surface area (TPSA) is 12.0 Å². The highest BCUT2D eigenvalue weighted by Gasteiger charge is 2.30. The molecule has 0 radical (unpaired) electrons. The number of hydrogen-bond acceptors (Lipinski definition) is 1. The molecule has 2 atom stereocenters. The first-order valence-corrected chi connectivity index (χ1v) is 4.72. The van der Waals surface area contributed by atoms with Crippen LogP contribution in [0.1, 0.15) is 34.1 Å². The van der Waals surface area contributed by atoms with Gasteiger partial charge in [-0.25, -0.2) is 0 Å². The second-order valence-corrected chi connectivity index (χ2v) is 4.94. The standard InChI is InChI=1S/C10H21N/c1-8-5-6-11-7-9(8)10(2,3)4/h8-9,11H,5-7H2,1-4H3/t8-,9?/m1/s1. The van der Waals surface area contributed by atoms with Crippen molar-refractivity contribution in [2.45, 2.75) is 34.1 Å². The molecule has 11 heavy (non-hydrogen) atoms. The monoisotopic (exact) mass is 155 g/mol. The summed E-state index contributed by atoms with van der Waals surface area (Å²) in [5.41, 5.74) is 0.479. The Morgan fingerprint density at radius 2 is 1.91 bits per heavy atom. The molecule has 0 aromatic carbocycles. The van der Waals surface area contributed by atoms with Crippen LogP contribution >= 0.6 is 0 Å². The van der Waals surface area contributed by atoms with Crippen molar-refractivity contribution in [1.82, 2.24) is 5.32 Å². The van der Waals surface area contributed by atoms with Crippen molar-refractivity contribution < 1.29 is 0 Å². The van der Waals surface area contributed by atoms with E-state index in [1.807, 2.05) is 0 Å². The zero-order valence-corrected chi connectivity index (χ0v) is 8.28. The zero-order valence-electron chi connectivity index (χ0n) is 8.28. The summed E-state index contributed by atoms with van der Waals surface area (Å²) in [4.78, 5) is 0. The lowest BCUT2D eigenvalue weighted by Crippen LogP contribution is -2.41. The molecule has 1 heterocycles. The number of hydrogen-bond donors (Lipinski definition) is 1. The predicted octanol–water partition coefficient (Wildman–Crippen LogP) is 2.28. The van der Waals surface area contributed by atoms with Gasteiger partial charge in [-0.05, 0) is 36.8 Å². The van der Waals surface area contributed by atoms with Gasteiger partial charge in [-0.2, -0.15) is 0 Å². The lowest BCUT2D eigenvalue weighted by Gasteiger charge is -2.39. The molecule has 0 spiro atoms. The molecule has 0 aliphatic carbocycles. The van der Waals surface area contributed by atoms with Gasteiger partial charge >= 0.3 is 0 Å². The van der Waals surface area contributed by atoms with E-state index in [0.29, 0.717) is 5.41 Å². The molecular formula is C10H21N. The normalized spacial score (nSPS) is 33.8. The Balaban J connectivity index is 2.55. The van der Waals surface area contributed by atoms with E-state index in [1.165, 1.54) is 19.5 Å². The van der Waals surface area contributed by atoms with E-state index < -0.39 is 0 Å². The van der Waals surface area contributed by atoms with Gasteiger partial charge in [-0.3, -0.25) is 0 Å². The number of piperidine rings is 1. The van der Waals surface area contributed by atoms with Crippen molar-refractivity contribution >= 4 is 0 Å². The van der Waals surface area contributed by atoms with Gasteiger partial charge in [0.25, 0.3) is 0 Å². The van der Waals surface area contributed by atoms with Crippen LogP contribution in [0.2, 0.25) is 0 Å². The Hall–Kier alpha value is -0.0400. The van der Waals surface area contributed by atoms with E-state index in [-0.39, 0.29) is 0 Å². The number of rotatable bonds is 0. The SMILES string of the molecule is C[C@@H]1CCNCC1C(C)(C)C. The molecule has 0 bridgehead atoms. The third kappa shape index (κ3) is 2.19. The van der Waals surface area contributed by atoms with E-state index in [2.05, 4.69) is 33.0 Å². The molecule has 1 nitrogen and oxygen atoms in total. The van der Waals surface area contributed by atoms with Crippen molar-refractivity contribution in [1.29, 1.82) is 0 Å². The Bertz CT molecular complexity index is 123. The Morgan fingerprint density at radius 1 is 1.27 bits per heavy atom. The molecule has 1 aliphatic heterocycles. The van der Waals surface area contributed by atoms with Gasteiger partial charge in [0.2, 0.25) is 0 Å². The molecule has 66 valence electrons. The molecule has 1 N–H and O–H groups in total. The van der Waals surface area contributed by atoms with Gasteiger partial charge in [0.1, 0.15) is 0 Å². The first kappa shape index (κ1) is 9.05. The van der Waals surface area contributed by atoms with Gasteiger partial charge in [0.15, 0.2) is 0 Å². The highest BCUT2D eigenvalue weighted by molar-refractivity contribution is 4.83. The smallest absolute Gasteiger partial charge is 0.00130 e. The summed E-state index contributed by atoms with van der Waals surface area (Å²) in [6.45, 7) is 11.9. The van der Waals surface area contributed by atoms with Crippen LogP contribution in [0.15, 0.2) is 0 Å².